The maximum Gasteiger partial charge on any atom is 0.437 e. The molecule has 0 saturated carbocycles. The van der Waals surface area contributed by atoms with Gasteiger partial charge < -0.3 is 14.6 Å². The van der Waals surface area contributed by atoms with Crippen molar-refractivity contribution in [3.05, 3.63) is 53.2 Å². The molecule has 1 aliphatic rings. The molecular formula is C16H14F3N3O3. The molecule has 2 amide bonds. The Balaban J connectivity index is 1.60. The Morgan fingerprint density at radius 3 is 2.68 bits per heavy atom. The van der Waals surface area contributed by atoms with Crippen LogP contribution in [0.3, 0.4) is 0 Å². The lowest BCUT2D eigenvalue weighted by molar-refractivity contribution is -0.141. The largest absolute Gasteiger partial charge is 0.438 e. The standard InChI is InChI=1S/C16H14F3N3O3/c17-16(18,19)14-13(25-9-21-14)15(24)20-7-12(23)22-6-5-10-3-1-2-4-11(10)8-22/h1-4,9H,5-8H2,(H,20,24). The quantitative estimate of drug-likeness (QED) is 0.916. The number of aromatic nitrogens is 1. The highest BCUT2D eigenvalue weighted by Crippen LogP contribution is 2.30. The normalized spacial score (nSPS) is 14.1. The number of hydrogen-bond acceptors (Lipinski definition) is 4. The Labute approximate surface area is 140 Å². The second-order valence-electron chi connectivity index (χ2n) is 5.54. The van der Waals surface area contributed by atoms with Gasteiger partial charge in [0, 0.05) is 13.1 Å². The van der Waals surface area contributed by atoms with Gasteiger partial charge in [-0.1, -0.05) is 24.3 Å². The lowest BCUT2D eigenvalue weighted by Gasteiger charge is -2.28. The molecule has 0 saturated heterocycles. The number of amides is 2. The summed E-state index contributed by atoms with van der Waals surface area (Å²) in [6, 6.07) is 7.70. The number of carbonyl (C=O) groups excluding carboxylic acids is 2. The SMILES string of the molecule is O=C(NCC(=O)N1CCc2ccccc2C1)c1ocnc1C(F)(F)F. The summed E-state index contributed by atoms with van der Waals surface area (Å²) in [5.41, 5.74) is 0.763. The van der Waals surface area contributed by atoms with E-state index < -0.39 is 30.1 Å². The molecule has 0 aliphatic carbocycles. The van der Waals surface area contributed by atoms with E-state index in [2.05, 4.69) is 14.7 Å². The van der Waals surface area contributed by atoms with Gasteiger partial charge in [-0.25, -0.2) is 4.98 Å². The van der Waals surface area contributed by atoms with Crippen molar-refractivity contribution < 1.29 is 27.2 Å². The molecule has 2 heterocycles. The lowest BCUT2D eigenvalue weighted by atomic mass is 10.00. The van der Waals surface area contributed by atoms with Crippen molar-refractivity contribution in [2.24, 2.45) is 0 Å². The van der Waals surface area contributed by atoms with Crippen LogP contribution in [0.5, 0.6) is 0 Å². The van der Waals surface area contributed by atoms with Gasteiger partial charge in [-0.05, 0) is 17.5 Å². The van der Waals surface area contributed by atoms with Gasteiger partial charge in [-0.2, -0.15) is 13.2 Å². The fourth-order valence-corrected chi connectivity index (χ4v) is 2.67. The van der Waals surface area contributed by atoms with Crippen LogP contribution in [0.4, 0.5) is 13.2 Å². The monoisotopic (exact) mass is 353 g/mol. The first-order valence-electron chi connectivity index (χ1n) is 7.49. The molecular weight excluding hydrogens is 339 g/mol. The van der Waals surface area contributed by atoms with E-state index in [0.29, 0.717) is 25.9 Å². The van der Waals surface area contributed by atoms with Crippen LogP contribution in [0.15, 0.2) is 35.1 Å². The number of benzene rings is 1. The molecule has 1 aliphatic heterocycles. The smallest absolute Gasteiger partial charge is 0.437 e. The van der Waals surface area contributed by atoms with Crippen molar-refractivity contribution in [3.8, 4) is 0 Å². The van der Waals surface area contributed by atoms with Crippen LogP contribution < -0.4 is 5.32 Å². The van der Waals surface area contributed by atoms with Crippen LogP contribution in [0.1, 0.15) is 27.4 Å². The number of alkyl halides is 3. The first-order valence-corrected chi connectivity index (χ1v) is 7.49. The van der Waals surface area contributed by atoms with Gasteiger partial charge in [0.25, 0.3) is 5.91 Å². The summed E-state index contributed by atoms with van der Waals surface area (Å²) in [5, 5.41) is 2.15. The minimum atomic E-state index is -4.81. The summed E-state index contributed by atoms with van der Waals surface area (Å²) >= 11 is 0. The molecule has 0 unspecified atom stereocenters. The summed E-state index contributed by atoms with van der Waals surface area (Å²) in [7, 11) is 0. The number of rotatable bonds is 3. The maximum absolute atomic E-state index is 12.7. The summed E-state index contributed by atoms with van der Waals surface area (Å²) in [5.74, 6) is -2.46. The zero-order valence-corrected chi connectivity index (χ0v) is 13.0. The van der Waals surface area contributed by atoms with Crippen molar-refractivity contribution in [2.75, 3.05) is 13.1 Å². The highest BCUT2D eigenvalue weighted by atomic mass is 19.4. The second kappa shape index (κ2) is 6.58. The van der Waals surface area contributed by atoms with Crippen LogP contribution in [0.25, 0.3) is 0 Å². The van der Waals surface area contributed by atoms with Gasteiger partial charge >= 0.3 is 6.18 Å². The van der Waals surface area contributed by atoms with Crippen molar-refractivity contribution >= 4 is 11.8 Å². The summed E-state index contributed by atoms with van der Waals surface area (Å²) < 4.78 is 42.6. The Hall–Kier alpha value is -2.84. The molecule has 1 aromatic carbocycles. The van der Waals surface area contributed by atoms with Crippen LogP contribution in [0.2, 0.25) is 0 Å². The van der Waals surface area contributed by atoms with Crippen molar-refractivity contribution in [1.29, 1.82) is 0 Å². The summed E-state index contributed by atoms with van der Waals surface area (Å²) in [4.78, 5) is 28.6. The number of nitrogens with zero attached hydrogens (tertiary/aromatic N) is 2. The zero-order valence-electron chi connectivity index (χ0n) is 13.0. The molecule has 2 aromatic rings. The van der Waals surface area contributed by atoms with E-state index in [4.69, 9.17) is 0 Å². The average Bonchev–Trinajstić information content (AvgIpc) is 3.09. The molecule has 0 bridgehead atoms. The first kappa shape index (κ1) is 17.0. The van der Waals surface area contributed by atoms with Crippen molar-refractivity contribution in [3.63, 3.8) is 0 Å². The third kappa shape index (κ3) is 3.65. The molecule has 3 rings (SSSR count). The molecule has 1 N–H and O–H groups in total. The van der Waals surface area contributed by atoms with Gasteiger partial charge in [-0.3, -0.25) is 9.59 Å². The van der Waals surface area contributed by atoms with Crippen LogP contribution >= 0.6 is 0 Å². The molecule has 132 valence electrons. The van der Waals surface area contributed by atoms with E-state index in [1.54, 1.807) is 4.90 Å². The minimum absolute atomic E-state index is 0.379. The predicted molar refractivity (Wildman–Crippen MR) is 79.4 cm³/mol. The number of carbonyl (C=O) groups is 2. The number of fused-ring (bicyclic) bond motifs is 1. The Morgan fingerprint density at radius 1 is 1.24 bits per heavy atom. The Bertz CT molecular complexity index is 801. The van der Waals surface area contributed by atoms with Crippen molar-refractivity contribution in [1.82, 2.24) is 15.2 Å². The number of nitrogens with one attached hydrogen (secondary N) is 1. The van der Waals surface area contributed by atoms with Crippen LogP contribution in [-0.4, -0.2) is 34.8 Å². The molecule has 1 aromatic heterocycles. The highest BCUT2D eigenvalue weighted by molar-refractivity contribution is 5.95. The number of oxazole rings is 1. The molecule has 0 fully saturated rings. The topological polar surface area (TPSA) is 75.4 Å². The van der Waals surface area contributed by atoms with E-state index >= 15 is 0 Å². The van der Waals surface area contributed by atoms with Gasteiger partial charge in [0.1, 0.15) is 0 Å². The molecule has 25 heavy (non-hydrogen) atoms. The van der Waals surface area contributed by atoms with E-state index in [0.717, 1.165) is 11.1 Å². The Kier molecular flexibility index (Phi) is 4.47. The molecule has 9 heteroatoms. The number of halogens is 3. The van der Waals surface area contributed by atoms with Crippen LogP contribution in [0, 0.1) is 0 Å². The van der Waals surface area contributed by atoms with E-state index in [9.17, 15) is 22.8 Å². The zero-order chi connectivity index (χ0) is 18.0. The van der Waals surface area contributed by atoms with E-state index in [1.807, 2.05) is 24.3 Å². The third-order valence-corrected chi connectivity index (χ3v) is 3.93. The van der Waals surface area contributed by atoms with Gasteiger partial charge in [-0.15, -0.1) is 0 Å². The highest BCUT2D eigenvalue weighted by Gasteiger charge is 2.40. The minimum Gasteiger partial charge on any atom is -0.438 e. The van der Waals surface area contributed by atoms with Crippen LogP contribution in [-0.2, 0) is 23.9 Å². The third-order valence-electron chi connectivity index (χ3n) is 3.93. The molecule has 0 atom stereocenters. The summed E-state index contributed by atoms with van der Waals surface area (Å²) in [6.45, 7) is 0.474. The van der Waals surface area contributed by atoms with E-state index in [-0.39, 0.29) is 5.91 Å². The van der Waals surface area contributed by atoms with Gasteiger partial charge in [0.05, 0.1) is 6.54 Å². The van der Waals surface area contributed by atoms with Crippen molar-refractivity contribution in [2.45, 2.75) is 19.1 Å². The molecule has 0 spiro atoms. The van der Waals surface area contributed by atoms with Gasteiger partial charge in [0.2, 0.25) is 11.7 Å². The second-order valence-corrected chi connectivity index (χ2v) is 5.54. The Morgan fingerprint density at radius 2 is 1.96 bits per heavy atom. The summed E-state index contributed by atoms with van der Waals surface area (Å²) in [6.07, 6.45) is -3.57. The first-order chi connectivity index (χ1) is 11.9. The lowest BCUT2D eigenvalue weighted by Crippen LogP contribution is -2.42. The fraction of sp³-hybridized carbons (Fsp3) is 0.312. The maximum atomic E-state index is 12.7. The van der Waals surface area contributed by atoms with E-state index in [1.165, 1.54) is 0 Å². The number of hydrogen-bond donors (Lipinski definition) is 1. The average molecular weight is 353 g/mol. The predicted octanol–water partition coefficient (Wildman–Crippen LogP) is 2.01. The fourth-order valence-electron chi connectivity index (χ4n) is 2.67. The molecule has 6 nitrogen and oxygen atoms in total. The van der Waals surface area contributed by atoms with Gasteiger partial charge in [0.15, 0.2) is 12.1 Å². The molecule has 0 radical (unpaired) electrons.